The van der Waals surface area contributed by atoms with Crippen LogP contribution in [0.3, 0.4) is 0 Å². The first-order valence-corrected chi connectivity index (χ1v) is 7.36. The molecule has 0 aliphatic carbocycles. The van der Waals surface area contributed by atoms with Crippen LogP contribution in [0, 0.1) is 0 Å². The summed E-state index contributed by atoms with van der Waals surface area (Å²) in [6, 6.07) is 5.89. The van der Waals surface area contributed by atoms with Crippen LogP contribution >= 0.6 is 0 Å². The van der Waals surface area contributed by atoms with Crippen LogP contribution in [0.5, 0.6) is 11.5 Å². The van der Waals surface area contributed by atoms with E-state index in [1.54, 1.807) is 14.2 Å². The first kappa shape index (κ1) is 17.3. The molecule has 1 amide bonds. The van der Waals surface area contributed by atoms with Crippen LogP contribution in [0.2, 0.25) is 0 Å². The fourth-order valence-corrected chi connectivity index (χ4v) is 1.93. The normalized spacial score (nSPS) is 11.8. The molecule has 0 aromatic heterocycles. The van der Waals surface area contributed by atoms with Crippen molar-refractivity contribution in [1.29, 1.82) is 0 Å². The van der Waals surface area contributed by atoms with Gasteiger partial charge in [-0.05, 0) is 30.9 Å². The first-order valence-electron chi connectivity index (χ1n) is 7.36. The summed E-state index contributed by atoms with van der Waals surface area (Å²) in [7, 11) is 3.26. The predicted octanol–water partition coefficient (Wildman–Crippen LogP) is 1.88. The van der Waals surface area contributed by atoms with Crippen molar-refractivity contribution in [1.82, 2.24) is 5.32 Å². The highest BCUT2D eigenvalue weighted by Crippen LogP contribution is 2.26. The van der Waals surface area contributed by atoms with Gasteiger partial charge in [0.1, 0.15) is 11.5 Å². The third-order valence-corrected chi connectivity index (χ3v) is 3.37. The number of nitrogens with two attached hydrogens (primary N) is 1. The van der Waals surface area contributed by atoms with E-state index < -0.39 is 0 Å². The molecule has 0 saturated heterocycles. The van der Waals surface area contributed by atoms with Crippen LogP contribution in [-0.4, -0.2) is 32.7 Å². The van der Waals surface area contributed by atoms with Gasteiger partial charge in [-0.15, -0.1) is 0 Å². The summed E-state index contributed by atoms with van der Waals surface area (Å²) in [5, 5.41) is 2.60. The number of ether oxygens (including phenoxy) is 2. The average Bonchev–Trinajstić information content (AvgIpc) is 2.52. The monoisotopic (exact) mass is 294 g/mol. The molecule has 5 heteroatoms. The molecule has 5 nitrogen and oxygen atoms in total. The van der Waals surface area contributed by atoms with Gasteiger partial charge in [0.15, 0.2) is 0 Å². The Bertz CT molecular complexity index is 449. The van der Waals surface area contributed by atoms with Crippen LogP contribution in [0.4, 0.5) is 0 Å². The van der Waals surface area contributed by atoms with Gasteiger partial charge in [-0.3, -0.25) is 4.79 Å². The van der Waals surface area contributed by atoms with Gasteiger partial charge in [0, 0.05) is 25.6 Å². The lowest BCUT2D eigenvalue weighted by molar-refractivity contribution is -0.120. The fraction of sp³-hybridized carbons (Fsp3) is 0.562. The van der Waals surface area contributed by atoms with E-state index >= 15 is 0 Å². The maximum absolute atomic E-state index is 11.2. The minimum absolute atomic E-state index is 0.0254. The molecule has 0 saturated carbocycles. The van der Waals surface area contributed by atoms with E-state index in [2.05, 4.69) is 12.2 Å². The van der Waals surface area contributed by atoms with Crippen LogP contribution < -0.4 is 20.5 Å². The number of carbonyl (C=O) groups excluding carboxylic acids is 1. The molecular formula is C16H26N2O3. The lowest BCUT2D eigenvalue weighted by atomic mass is 10.0. The van der Waals surface area contributed by atoms with Crippen molar-refractivity contribution >= 4 is 5.91 Å². The van der Waals surface area contributed by atoms with Gasteiger partial charge in [-0.25, -0.2) is 0 Å². The Balaban J connectivity index is 2.65. The van der Waals surface area contributed by atoms with Gasteiger partial charge in [-0.2, -0.15) is 0 Å². The predicted molar refractivity (Wildman–Crippen MR) is 83.8 cm³/mol. The molecule has 1 unspecified atom stereocenters. The molecule has 3 N–H and O–H groups in total. The Morgan fingerprint density at radius 3 is 2.81 bits per heavy atom. The highest BCUT2D eigenvalue weighted by molar-refractivity contribution is 5.75. The Morgan fingerprint density at radius 2 is 2.19 bits per heavy atom. The molecule has 118 valence electrons. The Kier molecular flexibility index (Phi) is 7.61. The average molecular weight is 294 g/mol. The minimum atomic E-state index is 0.0254. The molecule has 1 atom stereocenters. The molecule has 1 aromatic carbocycles. The van der Waals surface area contributed by atoms with Gasteiger partial charge in [0.2, 0.25) is 5.91 Å². The zero-order chi connectivity index (χ0) is 15.7. The van der Waals surface area contributed by atoms with Crippen LogP contribution in [0.1, 0.15) is 31.7 Å². The number of carbonyl (C=O) groups is 1. The van der Waals surface area contributed by atoms with Crippen molar-refractivity contribution in [2.45, 2.75) is 38.6 Å². The van der Waals surface area contributed by atoms with Crippen molar-refractivity contribution in [3.05, 3.63) is 23.8 Å². The zero-order valence-electron chi connectivity index (χ0n) is 13.1. The molecule has 0 spiro atoms. The highest BCUT2D eigenvalue weighted by atomic mass is 16.5. The van der Waals surface area contributed by atoms with Crippen molar-refractivity contribution in [3.63, 3.8) is 0 Å². The summed E-state index contributed by atoms with van der Waals surface area (Å²) >= 11 is 0. The second kappa shape index (κ2) is 9.23. The van der Waals surface area contributed by atoms with E-state index in [1.165, 1.54) is 0 Å². The second-order valence-corrected chi connectivity index (χ2v) is 4.97. The van der Waals surface area contributed by atoms with Crippen LogP contribution in [0.25, 0.3) is 0 Å². The van der Waals surface area contributed by atoms with E-state index in [0.717, 1.165) is 29.9 Å². The molecular weight excluding hydrogens is 268 g/mol. The Labute approximate surface area is 126 Å². The summed E-state index contributed by atoms with van der Waals surface area (Å²) in [6.07, 6.45) is 2.83. The second-order valence-electron chi connectivity index (χ2n) is 4.97. The molecule has 0 radical (unpaired) electrons. The number of amides is 1. The molecule has 0 fully saturated rings. The summed E-state index contributed by atoms with van der Waals surface area (Å²) in [5.41, 5.74) is 7.09. The van der Waals surface area contributed by atoms with Gasteiger partial charge in [0.05, 0.1) is 13.7 Å². The molecule has 1 aromatic rings. The molecule has 0 bridgehead atoms. The van der Waals surface area contributed by atoms with E-state index in [9.17, 15) is 4.79 Å². The highest BCUT2D eigenvalue weighted by Gasteiger charge is 2.10. The molecule has 0 heterocycles. The summed E-state index contributed by atoms with van der Waals surface area (Å²) in [5.74, 6) is 1.57. The number of nitrogens with one attached hydrogen (secondary N) is 1. The van der Waals surface area contributed by atoms with Gasteiger partial charge >= 0.3 is 0 Å². The Hall–Kier alpha value is -1.75. The van der Waals surface area contributed by atoms with Crippen LogP contribution in [-0.2, 0) is 11.2 Å². The van der Waals surface area contributed by atoms with Gasteiger partial charge < -0.3 is 20.5 Å². The van der Waals surface area contributed by atoms with E-state index in [-0.39, 0.29) is 11.9 Å². The number of hydrogen-bond donors (Lipinski definition) is 2. The first-order chi connectivity index (χ1) is 10.1. The molecule has 0 aliphatic rings. The lowest BCUT2D eigenvalue weighted by Crippen LogP contribution is -2.22. The Morgan fingerprint density at radius 1 is 1.43 bits per heavy atom. The SMILES string of the molecule is CCC(N)Cc1ccc(OC)cc1OCCCC(=O)NC. The third-order valence-electron chi connectivity index (χ3n) is 3.37. The summed E-state index contributed by atoms with van der Waals surface area (Å²) < 4.78 is 11.0. The number of rotatable bonds is 9. The van der Waals surface area contributed by atoms with Crippen LogP contribution in [0.15, 0.2) is 18.2 Å². The fourth-order valence-electron chi connectivity index (χ4n) is 1.93. The largest absolute Gasteiger partial charge is 0.497 e. The third kappa shape index (κ3) is 6.04. The minimum Gasteiger partial charge on any atom is -0.497 e. The number of methoxy groups -OCH3 is 1. The van der Waals surface area contributed by atoms with Gasteiger partial charge in [-0.1, -0.05) is 13.0 Å². The standard InChI is InChI=1S/C16H26N2O3/c1-4-13(17)10-12-7-8-14(20-3)11-15(12)21-9-5-6-16(19)18-2/h7-8,11,13H,4-6,9-10,17H2,1-3H3,(H,18,19). The maximum atomic E-state index is 11.2. The van der Waals surface area contributed by atoms with Crippen molar-refractivity contribution in [2.24, 2.45) is 5.73 Å². The van der Waals surface area contributed by atoms with E-state index in [1.807, 2.05) is 18.2 Å². The van der Waals surface area contributed by atoms with Crippen molar-refractivity contribution in [2.75, 3.05) is 20.8 Å². The molecule has 0 aliphatic heterocycles. The molecule has 1 rings (SSSR count). The van der Waals surface area contributed by atoms with Crippen molar-refractivity contribution < 1.29 is 14.3 Å². The molecule has 21 heavy (non-hydrogen) atoms. The van der Waals surface area contributed by atoms with Crippen molar-refractivity contribution in [3.8, 4) is 11.5 Å². The van der Waals surface area contributed by atoms with E-state index in [0.29, 0.717) is 19.4 Å². The summed E-state index contributed by atoms with van der Waals surface area (Å²) in [6.45, 7) is 2.56. The topological polar surface area (TPSA) is 73.6 Å². The smallest absolute Gasteiger partial charge is 0.219 e. The maximum Gasteiger partial charge on any atom is 0.219 e. The zero-order valence-corrected chi connectivity index (χ0v) is 13.1. The van der Waals surface area contributed by atoms with E-state index in [4.69, 9.17) is 15.2 Å². The van der Waals surface area contributed by atoms with Gasteiger partial charge in [0.25, 0.3) is 0 Å². The quantitative estimate of drug-likeness (QED) is 0.682. The lowest BCUT2D eigenvalue weighted by Gasteiger charge is -2.15. The summed E-state index contributed by atoms with van der Waals surface area (Å²) in [4.78, 5) is 11.2. The number of hydrogen-bond acceptors (Lipinski definition) is 4. The number of benzene rings is 1.